The van der Waals surface area contributed by atoms with E-state index in [2.05, 4.69) is 5.92 Å². The fourth-order valence-electron chi connectivity index (χ4n) is 2.52. The summed E-state index contributed by atoms with van der Waals surface area (Å²) >= 11 is 0. The van der Waals surface area contributed by atoms with Gasteiger partial charge < -0.3 is 14.2 Å². The van der Waals surface area contributed by atoms with Gasteiger partial charge in [-0.2, -0.15) is 0 Å². The summed E-state index contributed by atoms with van der Waals surface area (Å²) in [6, 6.07) is 0. The Labute approximate surface area is 144 Å². The van der Waals surface area contributed by atoms with Crippen LogP contribution < -0.4 is 0 Å². The lowest BCUT2D eigenvalue weighted by atomic mass is 10.0. The molecule has 0 radical (unpaired) electrons. The Morgan fingerprint density at radius 3 is 1.61 bits per heavy atom. The summed E-state index contributed by atoms with van der Waals surface area (Å²) in [4.78, 5) is 0. The van der Waals surface area contributed by atoms with E-state index in [1.165, 1.54) is 70.6 Å². The van der Waals surface area contributed by atoms with E-state index in [0.717, 1.165) is 19.4 Å². The quantitative estimate of drug-likeness (QED) is 0.182. The van der Waals surface area contributed by atoms with Crippen molar-refractivity contribution in [1.29, 1.82) is 0 Å². The number of rotatable bonds is 19. The molecule has 0 amide bonds. The van der Waals surface area contributed by atoms with E-state index in [4.69, 9.17) is 20.6 Å². The van der Waals surface area contributed by atoms with Gasteiger partial charge in [-0.25, -0.2) is 0 Å². The summed E-state index contributed by atoms with van der Waals surface area (Å²) in [7, 11) is 1.67. The molecule has 0 saturated heterocycles. The highest BCUT2D eigenvalue weighted by Gasteiger charge is 1.94. The van der Waals surface area contributed by atoms with E-state index in [9.17, 15) is 0 Å². The average molecular weight is 327 g/mol. The van der Waals surface area contributed by atoms with E-state index >= 15 is 0 Å². The highest BCUT2D eigenvalue weighted by molar-refractivity contribution is 4.82. The van der Waals surface area contributed by atoms with Gasteiger partial charge in [0.25, 0.3) is 0 Å². The SMILES string of the molecule is C#CCCCCCCCCCCCCCCOCOCCOC. The summed E-state index contributed by atoms with van der Waals surface area (Å²) in [5.41, 5.74) is 0. The molecule has 23 heavy (non-hydrogen) atoms. The molecule has 0 N–H and O–H groups in total. The predicted octanol–water partition coefficient (Wildman–Crippen LogP) is 5.33. The van der Waals surface area contributed by atoms with E-state index < -0.39 is 0 Å². The molecule has 0 aromatic rings. The number of hydrogen-bond acceptors (Lipinski definition) is 3. The third kappa shape index (κ3) is 21.4. The van der Waals surface area contributed by atoms with Gasteiger partial charge in [0.1, 0.15) is 6.79 Å². The molecule has 0 rings (SSSR count). The van der Waals surface area contributed by atoms with E-state index in [1.54, 1.807) is 7.11 Å². The second-order valence-electron chi connectivity index (χ2n) is 6.12. The van der Waals surface area contributed by atoms with E-state index in [1.807, 2.05) is 0 Å². The maximum absolute atomic E-state index is 5.40. The molecule has 0 saturated carbocycles. The number of methoxy groups -OCH3 is 1. The van der Waals surface area contributed by atoms with Crippen molar-refractivity contribution in [2.75, 3.05) is 33.7 Å². The Kier molecular flexibility index (Phi) is 20.9. The Morgan fingerprint density at radius 2 is 1.09 bits per heavy atom. The van der Waals surface area contributed by atoms with Crippen LogP contribution in [0, 0.1) is 12.3 Å². The highest BCUT2D eigenvalue weighted by atomic mass is 16.7. The average Bonchev–Trinajstić information content (AvgIpc) is 2.57. The number of ether oxygens (including phenoxy) is 3. The lowest BCUT2D eigenvalue weighted by Crippen LogP contribution is -2.06. The summed E-state index contributed by atoms with van der Waals surface area (Å²) in [5, 5.41) is 0. The van der Waals surface area contributed by atoms with Crippen LogP contribution in [0.5, 0.6) is 0 Å². The summed E-state index contributed by atoms with van der Waals surface area (Å²) < 4.78 is 15.5. The molecule has 0 heterocycles. The number of unbranched alkanes of at least 4 members (excludes halogenated alkanes) is 12. The van der Waals surface area contributed by atoms with Crippen LogP contribution in [0.15, 0.2) is 0 Å². The van der Waals surface area contributed by atoms with Crippen molar-refractivity contribution < 1.29 is 14.2 Å². The molecule has 0 aliphatic carbocycles. The van der Waals surface area contributed by atoms with Crippen LogP contribution in [0.4, 0.5) is 0 Å². The van der Waals surface area contributed by atoms with Crippen molar-refractivity contribution in [3.05, 3.63) is 0 Å². The van der Waals surface area contributed by atoms with Crippen LogP contribution in [-0.4, -0.2) is 33.7 Å². The van der Waals surface area contributed by atoms with Gasteiger partial charge in [0, 0.05) is 20.1 Å². The largest absolute Gasteiger partial charge is 0.382 e. The van der Waals surface area contributed by atoms with Crippen LogP contribution in [-0.2, 0) is 14.2 Å². The van der Waals surface area contributed by atoms with Crippen LogP contribution in [0.3, 0.4) is 0 Å². The highest BCUT2D eigenvalue weighted by Crippen LogP contribution is 2.12. The lowest BCUT2D eigenvalue weighted by molar-refractivity contribution is -0.0664. The van der Waals surface area contributed by atoms with Crippen molar-refractivity contribution in [2.24, 2.45) is 0 Å². The fraction of sp³-hybridized carbons (Fsp3) is 0.900. The van der Waals surface area contributed by atoms with Gasteiger partial charge in [-0.05, 0) is 12.8 Å². The minimum absolute atomic E-state index is 0.395. The fourth-order valence-corrected chi connectivity index (χ4v) is 2.52. The molecule has 0 fully saturated rings. The topological polar surface area (TPSA) is 27.7 Å². The zero-order valence-corrected chi connectivity index (χ0v) is 15.3. The Morgan fingerprint density at radius 1 is 0.609 bits per heavy atom. The molecule has 136 valence electrons. The van der Waals surface area contributed by atoms with Crippen molar-refractivity contribution in [3.63, 3.8) is 0 Å². The molecule has 0 unspecified atom stereocenters. The molecule has 0 spiro atoms. The third-order valence-electron chi connectivity index (χ3n) is 3.96. The third-order valence-corrected chi connectivity index (χ3v) is 3.96. The normalized spacial score (nSPS) is 10.8. The van der Waals surface area contributed by atoms with Crippen LogP contribution in [0.2, 0.25) is 0 Å². The van der Waals surface area contributed by atoms with Crippen molar-refractivity contribution in [1.82, 2.24) is 0 Å². The van der Waals surface area contributed by atoms with Gasteiger partial charge in [0.05, 0.1) is 13.2 Å². The van der Waals surface area contributed by atoms with Gasteiger partial charge >= 0.3 is 0 Å². The first-order chi connectivity index (χ1) is 11.4. The second kappa shape index (κ2) is 21.4. The summed E-state index contributed by atoms with van der Waals surface area (Å²) in [6.45, 7) is 2.45. The minimum atomic E-state index is 0.395. The molecule has 0 aliphatic heterocycles. The van der Waals surface area contributed by atoms with Gasteiger partial charge in [-0.3, -0.25) is 0 Å². The minimum Gasteiger partial charge on any atom is -0.382 e. The Bertz CT molecular complexity index is 248. The van der Waals surface area contributed by atoms with Gasteiger partial charge in [-0.1, -0.05) is 64.2 Å². The van der Waals surface area contributed by atoms with Crippen LogP contribution in [0.1, 0.15) is 83.5 Å². The predicted molar refractivity (Wildman–Crippen MR) is 97.5 cm³/mol. The standard InChI is InChI=1S/C20H38O3/c1-3-4-5-6-7-8-9-10-11-12-13-14-15-16-17-22-20-23-19-18-21-2/h1H,4-20H2,2H3. The van der Waals surface area contributed by atoms with Gasteiger partial charge in [0.2, 0.25) is 0 Å². The van der Waals surface area contributed by atoms with E-state index in [-0.39, 0.29) is 0 Å². The zero-order valence-electron chi connectivity index (χ0n) is 15.3. The van der Waals surface area contributed by atoms with E-state index in [0.29, 0.717) is 20.0 Å². The maximum atomic E-state index is 5.40. The first-order valence-electron chi connectivity index (χ1n) is 9.49. The van der Waals surface area contributed by atoms with Gasteiger partial charge in [0.15, 0.2) is 0 Å². The molecular weight excluding hydrogens is 288 g/mol. The van der Waals surface area contributed by atoms with Gasteiger partial charge in [-0.15, -0.1) is 12.3 Å². The second-order valence-corrected chi connectivity index (χ2v) is 6.12. The molecule has 0 atom stereocenters. The first-order valence-corrected chi connectivity index (χ1v) is 9.49. The molecule has 0 aromatic carbocycles. The van der Waals surface area contributed by atoms with Crippen LogP contribution in [0.25, 0.3) is 0 Å². The molecular formula is C20H38O3. The van der Waals surface area contributed by atoms with Crippen molar-refractivity contribution in [2.45, 2.75) is 83.5 Å². The number of terminal acetylenes is 1. The molecule has 3 heteroatoms. The lowest BCUT2D eigenvalue weighted by Gasteiger charge is -2.05. The van der Waals surface area contributed by atoms with Crippen LogP contribution >= 0.6 is 0 Å². The summed E-state index contributed by atoms with van der Waals surface area (Å²) in [6.07, 6.45) is 22.1. The van der Waals surface area contributed by atoms with Crippen molar-refractivity contribution >= 4 is 0 Å². The maximum Gasteiger partial charge on any atom is 0.146 e. The molecule has 0 aromatic heterocycles. The molecule has 0 aliphatic rings. The number of hydrogen-bond donors (Lipinski definition) is 0. The zero-order chi connectivity index (χ0) is 16.8. The monoisotopic (exact) mass is 326 g/mol. The Balaban J connectivity index is 2.94. The van der Waals surface area contributed by atoms with Crippen molar-refractivity contribution in [3.8, 4) is 12.3 Å². The smallest absolute Gasteiger partial charge is 0.146 e. The molecule has 0 bridgehead atoms. The summed E-state index contributed by atoms with van der Waals surface area (Å²) in [5.74, 6) is 2.71. The Hall–Kier alpha value is -0.560. The molecule has 3 nitrogen and oxygen atoms in total. The first kappa shape index (κ1) is 22.4.